The Balaban J connectivity index is 0.00000289. The fourth-order valence-corrected chi connectivity index (χ4v) is 6.72. The maximum absolute atomic E-state index is 13.6. The maximum atomic E-state index is 13.6. The second-order valence-electron chi connectivity index (χ2n) is 11.3. The summed E-state index contributed by atoms with van der Waals surface area (Å²) >= 11 is 0. The van der Waals surface area contributed by atoms with Gasteiger partial charge in [-0.3, -0.25) is 4.79 Å². The lowest BCUT2D eigenvalue weighted by atomic mass is 9.64. The van der Waals surface area contributed by atoms with E-state index in [0.29, 0.717) is 12.0 Å². The molecule has 1 amide bonds. The van der Waals surface area contributed by atoms with Crippen LogP contribution in [0.2, 0.25) is 0 Å². The number of rotatable bonds is 5. The Hall–Kier alpha value is -2.33. The average Bonchev–Trinajstić information content (AvgIpc) is 2.99. The van der Waals surface area contributed by atoms with Gasteiger partial charge in [-0.15, -0.1) is 0 Å². The van der Waals surface area contributed by atoms with Crippen LogP contribution in [0.3, 0.4) is 0 Å². The number of fused-ring (bicyclic) bond motifs is 2. The third-order valence-corrected chi connectivity index (χ3v) is 8.43. The largest absolute Gasteiger partial charge is 0.490 e. The highest BCUT2D eigenvalue weighted by Gasteiger charge is 2.45. The minimum Gasteiger partial charge on any atom is -0.490 e. The summed E-state index contributed by atoms with van der Waals surface area (Å²) in [6, 6.07) is 16.7. The Morgan fingerprint density at radius 2 is 1.82 bits per heavy atom. The molecule has 3 unspecified atom stereocenters. The normalized spacial score (nSPS) is 28.2. The van der Waals surface area contributed by atoms with E-state index in [0.717, 1.165) is 73.7 Å². The van der Waals surface area contributed by atoms with Crippen molar-refractivity contribution in [3.63, 3.8) is 0 Å². The van der Waals surface area contributed by atoms with Gasteiger partial charge in [-0.05, 0) is 92.8 Å². The Morgan fingerprint density at radius 1 is 1.03 bits per heavy atom. The van der Waals surface area contributed by atoms with Gasteiger partial charge >= 0.3 is 0 Å². The summed E-state index contributed by atoms with van der Waals surface area (Å²) in [6.45, 7) is 4.53. The van der Waals surface area contributed by atoms with Crippen molar-refractivity contribution in [2.75, 3.05) is 25.5 Å². The first-order chi connectivity index (χ1) is 16.5. The molecule has 0 aromatic heterocycles. The number of amides is 1. The zero-order valence-electron chi connectivity index (χ0n) is 20.9. The molecule has 2 bridgehead atoms. The van der Waals surface area contributed by atoms with Gasteiger partial charge in [0.15, 0.2) is 0 Å². The lowest BCUT2D eigenvalue weighted by Crippen LogP contribution is -2.41. The molecule has 3 aliphatic rings. The highest BCUT2D eigenvalue weighted by atomic mass is 16.5. The second-order valence-corrected chi connectivity index (χ2v) is 11.3. The predicted octanol–water partition coefficient (Wildman–Crippen LogP) is 7.01. The van der Waals surface area contributed by atoms with Crippen molar-refractivity contribution in [1.82, 2.24) is 4.90 Å². The van der Waals surface area contributed by atoms with E-state index in [2.05, 4.69) is 60.6 Å². The molecule has 1 heterocycles. The molecule has 2 aliphatic carbocycles. The first-order valence-corrected chi connectivity index (χ1v) is 13.4. The molecule has 1 N–H and O–H groups in total. The van der Waals surface area contributed by atoms with E-state index in [1.165, 1.54) is 25.7 Å². The maximum Gasteiger partial charge on any atom is 0.230 e. The van der Waals surface area contributed by atoms with Crippen LogP contribution < -0.4 is 10.1 Å². The molecule has 2 aromatic rings. The molecule has 1 saturated heterocycles. The van der Waals surface area contributed by atoms with Crippen molar-refractivity contribution in [3.8, 4) is 16.9 Å². The zero-order chi connectivity index (χ0) is 23.5. The summed E-state index contributed by atoms with van der Waals surface area (Å²) in [5, 5.41) is 3.32. The van der Waals surface area contributed by atoms with Crippen LogP contribution in [0.15, 0.2) is 48.5 Å². The van der Waals surface area contributed by atoms with Crippen LogP contribution >= 0.6 is 0 Å². The van der Waals surface area contributed by atoms with Gasteiger partial charge in [0, 0.05) is 20.2 Å². The lowest BCUT2D eigenvalue weighted by molar-refractivity contribution is -0.129. The van der Waals surface area contributed by atoms with Gasteiger partial charge in [-0.2, -0.15) is 0 Å². The van der Waals surface area contributed by atoms with Crippen molar-refractivity contribution in [1.29, 1.82) is 0 Å². The van der Waals surface area contributed by atoms with Crippen LogP contribution in [-0.2, 0) is 4.79 Å². The molecule has 1 aliphatic heterocycles. The number of carbonyl (C=O) groups excluding carboxylic acids is 1. The van der Waals surface area contributed by atoms with Crippen LogP contribution in [0.4, 0.5) is 5.69 Å². The average molecular weight is 463 g/mol. The molecule has 184 valence electrons. The van der Waals surface area contributed by atoms with Gasteiger partial charge in [-0.1, -0.05) is 50.5 Å². The quantitative estimate of drug-likeness (QED) is 0.520. The third-order valence-electron chi connectivity index (χ3n) is 8.43. The lowest BCUT2D eigenvalue weighted by Gasteiger charge is -2.41. The van der Waals surface area contributed by atoms with Gasteiger partial charge in [0.1, 0.15) is 11.9 Å². The molecule has 3 atom stereocenters. The fraction of sp³-hybridized carbons (Fsp3) is 0.567. The Labute approximate surface area is 206 Å². The van der Waals surface area contributed by atoms with E-state index in [9.17, 15) is 4.79 Å². The van der Waals surface area contributed by atoms with Crippen molar-refractivity contribution < 1.29 is 11.0 Å². The molecule has 2 saturated carbocycles. The molecule has 2 aromatic carbocycles. The number of likely N-dealkylation sites (tertiary alicyclic amines) is 1. The third kappa shape index (κ3) is 5.33. The van der Waals surface area contributed by atoms with Crippen LogP contribution in [0, 0.1) is 17.3 Å². The zero-order valence-corrected chi connectivity index (χ0v) is 20.9. The van der Waals surface area contributed by atoms with E-state index in [4.69, 9.17) is 4.74 Å². The summed E-state index contributed by atoms with van der Waals surface area (Å²) in [6.07, 6.45) is 10.7. The number of hydrogen-bond donors (Lipinski definition) is 1. The molecular formula is C30H42N2O2. The molecule has 3 fully saturated rings. The highest BCUT2D eigenvalue weighted by Crippen LogP contribution is 2.50. The Bertz CT molecular complexity index is 986. The number of anilines is 1. The number of carbonyl (C=O) groups is 1. The number of piperidine rings is 1. The molecule has 0 spiro atoms. The van der Waals surface area contributed by atoms with Gasteiger partial charge in [0.05, 0.1) is 5.41 Å². The highest BCUT2D eigenvalue weighted by molar-refractivity contribution is 5.96. The van der Waals surface area contributed by atoms with Crippen LogP contribution in [0.25, 0.3) is 11.1 Å². The van der Waals surface area contributed by atoms with Crippen LogP contribution in [-0.4, -0.2) is 37.0 Å². The molecular weight excluding hydrogens is 420 g/mol. The smallest absolute Gasteiger partial charge is 0.230 e. The summed E-state index contributed by atoms with van der Waals surface area (Å²) in [7, 11) is 2.17. The second kappa shape index (κ2) is 10.1. The van der Waals surface area contributed by atoms with Crippen LogP contribution in [0.5, 0.6) is 5.75 Å². The summed E-state index contributed by atoms with van der Waals surface area (Å²) in [4.78, 5) is 15.9. The summed E-state index contributed by atoms with van der Waals surface area (Å²) in [5.74, 6) is 2.55. The summed E-state index contributed by atoms with van der Waals surface area (Å²) < 4.78 is 6.21. The number of benzene rings is 2. The molecule has 0 radical (unpaired) electrons. The molecule has 34 heavy (non-hydrogen) atoms. The minimum absolute atomic E-state index is 0. The van der Waals surface area contributed by atoms with Gasteiger partial charge in [0.25, 0.3) is 0 Å². The SMILES string of the molecule is CC1CC2CCCCC(C(=O)Nc3cccc(-c4ccc(OC5CCN(C)CC5)cc4)c3)(C1)C2.[HH]. The topological polar surface area (TPSA) is 41.6 Å². The van der Waals surface area contributed by atoms with Gasteiger partial charge in [0.2, 0.25) is 5.91 Å². The van der Waals surface area contributed by atoms with Crippen molar-refractivity contribution in [2.45, 2.75) is 70.8 Å². The number of ether oxygens (including phenoxy) is 1. The fourth-order valence-electron chi connectivity index (χ4n) is 6.72. The van der Waals surface area contributed by atoms with E-state index in [1.807, 2.05) is 12.1 Å². The monoisotopic (exact) mass is 462 g/mol. The van der Waals surface area contributed by atoms with Gasteiger partial charge in [-0.25, -0.2) is 0 Å². The van der Waals surface area contributed by atoms with Crippen molar-refractivity contribution in [3.05, 3.63) is 48.5 Å². The molecule has 4 nitrogen and oxygen atoms in total. The van der Waals surface area contributed by atoms with E-state index < -0.39 is 0 Å². The number of hydrogen-bond acceptors (Lipinski definition) is 3. The Kier molecular flexibility index (Phi) is 6.96. The number of nitrogens with zero attached hydrogens (tertiary/aromatic N) is 1. The first kappa shape index (κ1) is 23.4. The van der Waals surface area contributed by atoms with E-state index in [-0.39, 0.29) is 12.7 Å². The van der Waals surface area contributed by atoms with E-state index in [1.54, 1.807) is 0 Å². The first-order valence-electron chi connectivity index (χ1n) is 13.4. The Morgan fingerprint density at radius 3 is 2.62 bits per heavy atom. The van der Waals surface area contributed by atoms with Crippen LogP contribution in [0.1, 0.15) is 66.1 Å². The minimum atomic E-state index is -0.179. The molecule has 5 rings (SSSR count). The van der Waals surface area contributed by atoms with Crippen molar-refractivity contribution >= 4 is 11.6 Å². The van der Waals surface area contributed by atoms with Crippen molar-refractivity contribution in [2.24, 2.45) is 17.3 Å². The molecule has 4 heteroatoms. The summed E-state index contributed by atoms with van der Waals surface area (Å²) in [5.41, 5.74) is 2.99. The standard InChI is InChI=1S/C30H40N2O2.H2/c1-22-18-23-6-3-4-15-30(20-22,21-23)29(33)31-26-8-5-7-25(19-26)24-9-11-27(12-10-24)34-28-13-16-32(2)17-14-28;/h5,7-12,19,22-23,28H,3-4,6,13-18,20-21H2,1-2H3,(H,31,33);1H. The predicted molar refractivity (Wildman–Crippen MR) is 141 cm³/mol. The van der Waals surface area contributed by atoms with E-state index >= 15 is 0 Å². The number of nitrogens with one attached hydrogen (secondary N) is 1. The van der Waals surface area contributed by atoms with Gasteiger partial charge < -0.3 is 15.0 Å².